The minimum atomic E-state index is 1.17. The lowest BCUT2D eigenvalue weighted by atomic mass is 9.88. The van der Waals surface area contributed by atoms with Gasteiger partial charge in [0.05, 0.1) is 0 Å². The zero-order valence-electron chi connectivity index (χ0n) is 23.4. The molecule has 0 fully saturated rings. The Kier molecular flexibility index (Phi) is 4.51. The Morgan fingerprint density at radius 2 is 0.930 bits per heavy atom. The fraction of sp³-hybridized carbons (Fsp3) is 0. The van der Waals surface area contributed by atoms with Gasteiger partial charge in [-0.3, -0.25) is 0 Å². The topological polar surface area (TPSA) is 15.8 Å². The van der Waals surface area contributed by atoms with Gasteiger partial charge in [0.1, 0.15) is 0 Å². The lowest BCUT2D eigenvalue weighted by molar-refractivity contribution is 1.53. The van der Waals surface area contributed by atoms with E-state index in [0.29, 0.717) is 0 Å². The summed E-state index contributed by atoms with van der Waals surface area (Å²) in [5.74, 6) is 0. The number of aromatic nitrogens is 1. The van der Waals surface area contributed by atoms with Crippen LogP contribution in [0.3, 0.4) is 0 Å². The second kappa shape index (κ2) is 8.44. The number of H-pyrrole nitrogens is 1. The van der Waals surface area contributed by atoms with Crippen molar-refractivity contribution >= 4 is 65.6 Å². The normalized spacial score (nSPS) is 13.9. The van der Waals surface area contributed by atoms with Gasteiger partial charge in [-0.1, -0.05) is 127 Å². The van der Waals surface area contributed by atoms with E-state index in [1.807, 2.05) is 0 Å². The number of para-hydroxylation sites is 1. The van der Waals surface area contributed by atoms with Crippen molar-refractivity contribution in [1.29, 1.82) is 0 Å². The van der Waals surface area contributed by atoms with Crippen molar-refractivity contribution < 1.29 is 0 Å². The Balaban J connectivity index is 1.39. The number of allylic oxidation sites excluding steroid dienone is 2. The molecule has 43 heavy (non-hydrogen) atoms. The Morgan fingerprint density at radius 3 is 1.79 bits per heavy atom. The highest BCUT2D eigenvalue weighted by atomic mass is 14.7. The maximum atomic E-state index is 3.63. The summed E-state index contributed by atoms with van der Waals surface area (Å²) < 4.78 is 0. The van der Waals surface area contributed by atoms with Crippen LogP contribution in [0.1, 0.15) is 33.4 Å². The second-order valence-electron chi connectivity index (χ2n) is 11.7. The molecule has 2 aliphatic rings. The summed E-state index contributed by atoms with van der Waals surface area (Å²) in [6.45, 7) is 0. The first-order valence-electron chi connectivity index (χ1n) is 15.0. The summed E-state index contributed by atoms with van der Waals surface area (Å²) in [6, 6.07) is 53.6. The zero-order valence-corrected chi connectivity index (χ0v) is 23.4. The van der Waals surface area contributed by atoms with Crippen LogP contribution in [-0.4, -0.2) is 4.98 Å². The summed E-state index contributed by atoms with van der Waals surface area (Å²) in [4.78, 5) is 3.63. The van der Waals surface area contributed by atoms with Gasteiger partial charge in [-0.25, -0.2) is 0 Å². The molecule has 7 aromatic carbocycles. The van der Waals surface area contributed by atoms with E-state index in [1.54, 1.807) is 0 Å². The molecule has 0 unspecified atom stereocenters. The zero-order chi connectivity index (χ0) is 28.1. The molecule has 1 aromatic heterocycles. The molecule has 0 radical (unpaired) electrons. The highest BCUT2D eigenvalue weighted by Crippen LogP contribution is 2.60. The van der Waals surface area contributed by atoms with Crippen LogP contribution in [0.5, 0.6) is 0 Å². The number of fused-ring (bicyclic) bond motifs is 11. The fourth-order valence-corrected chi connectivity index (χ4v) is 7.73. The molecular weight excluding hydrogens is 518 g/mol. The van der Waals surface area contributed by atoms with Crippen molar-refractivity contribution in [2.75, 3.05) is 0 Å². The minimum absolute atomic E-state index is 1.17. The van der Waals surface area contributed by atoms with Crippen molar-refractivity contribution in [3.8, 4) is 0 Å². The Labute approximate surface area is 249 Å². The molecular formula is C42H25N. The monoisotopic (exact) mass is 543 g/mol. The van der Waals surface area contributed by atoms with Crippen LogP contribution in [0, 0.1) is 0 Å². The molecule has 0 spiro atoms. The molecule has 10 rings (SSSR count). The quantitative estimate of drug-likeness (QED) is 0.223. The first-order valence-corrected chi connectivity index (χ1v) is 15.0. The fourth-order valence-electron chi connectivity index (χ4n) is 7.73. The van der Waals surface area contributed by atoms with E-state index >= 15 is 0 Å². The van der Waals surface area contributed by atoms with Crippen LogP contribution >= 0.6 is 0 Å². The molecule has 1 N–H and O–H groups in total. The Hall–Kier alpha value is -5.66. The minimum Gasteiger partial charge on any atom is -0.355 e. The predicted octanol–water partition coefficient (Wildman–Crippen LogP) is 10.9. The van der Waals surface area contributed by atoms with Crippen LogP contribution in [0.2, 0.25) is 0 Å². The lowest BCUT2D eigenvalue weighted by Crippen LogP contribution is -1.94. The predicted molar refractivity (Wildman–Crippen MR) is 182 cm³/mol. The van der Waals surface area contributed by atoms with Crippen molar-refractivity contribution in [3.63, 3.8) is 0 Å². The van der Waals surface area contributed by atoms with E-state index in [0.717, 1.165) is 0 Å². The molecule has 0 saturated carbocycles. The van der Waals surface area contributed by atoms with E-state index in [4.69, 9.17) is 0 Å². The largest absolute Gasteiger partial charge is 0.355 e. The molecule has 1 heterocycles. The van der Waals surface area contributed by atoms with Crippen molar-refractivity contribution in [2.24, 2.45) is 0 Å². The summed E-state index contributed by atoms with van der Waals surface area (Å²) in [5, 5.41) is 7.66. The molecule has 1 heteroatoms. The molecule has 0 atom stereocenters. The first kappa shape index (κ1) is 23.0. The molecule has 1 nitrogen and oxygen atoms in total. The Morgan fingerprint density at radius 1 is 0.326 bits per heavy atom. The highest BCUT2D eigenvalue weighted by molar-refractivity contribution is 6.38. The van der Waals surface area contributed by atoms with E-state index < -0.39 is 0 Å². The number of nitrogens with one attached hydrogen (secondary N) is 1. The number of benzene rings is 7. The number of rotatable bonds is 2. The van der Waals surface area contributed by atoms with E-state index in [9.17, 15) is 0 Å². The van der Waals surface area contributed by atoms with Gasteiger partial charge in [0.15, 0.2) is 0 Å². The third kappa shape index (κ3) is 3.06. The average Bonchev–Trinajstić information content (AvgIpc) is 3.72. The molecule has 2 aliphatic carbocycles. The SMILES string of the molecule is c1ccc2c(c1)C1=C(c3ccc4[nH]c5ccccc5c4c3)c3c(ccc4ccccc34)C1=C2c1cccc2ccccc12. The number of hydrogen-bond acceptors (Lipinski definition) is 0. The molecule has 0 amide bonds. The molecule has 8 aromatic rings. The van der Waals surface area contributed by atoms with Gasteiger partial charge in [0.2, 0.25) is 0 Å². The molecule has 0 saturated heterocycles. The number of hydrogen-bond donors (Lipinski definition) is 1. The molecule has 0 aliphatic heterocycles. The van der Waals surface area contributed by atoms with E-state index in [-0.39, 0.29) is 0 Å². The van der Waals surface area contributed by atoms with Gasteiger partial charge in [-0.15, -0.1) is 0 Å². The van der Waals surface area contributed by atoms with Crippen LogP contribution in [0.25, 0.3) is 65.6 Å². The second-order valence-corrected chi connectivity index (χ2v) is 11.7. The van der Waals surface area contributed by atoms with Gasteiger partial charge in [0.25, 0.3) is 0 Å². The highest BCUT2D eigenvalue weighted by Gasteiger charge is 2.38. The lowest BCUT2D eigenvalue weighted by Gasteiger charge is -2.15. The molecule has 198 valence electrons. The van der Waals surface area contributed by atoms with Crippen LogP contribution in [-0.2, 0) is 0 Å². The first-order chi connectivity index (χ1) is 21.3. The van der Waals surface area contributed by atoms with Crippen LogP contribution < -0.4 is 0 Å². The number of aromatic amines is 1. The standard InChI is InChI=1S/C42H25N/c1-3-13-28-25(10-1)12-9-18-31(28)40-32-16-5-6-17-33(32)41-38(39-29-14-4-2-11-26(29)20-22-34(39)42(40)41)27-21-23-37-35(24-27)30-15-7-8-19-36(30)43-37/h1-24,43H. The summed E-state index contributed by atoms with van der Waals surface area (Å²) in [7, 11) is 0. The summed E-state index contributed by atoms with van der Waals surface area (Å²) in [5.41, 5.74) is 15.6. The van der Waals surface area contributed by atoms with Gasteiger partial charge >= 0.3 is 0 Å². The van der Waals surface area contributed by atoms with Crippen molar-refractivity contribution in [2.45, 2.75) is 0 Å². The van der Waals surface area contributed by atoms with Gasteiger partial charge in [0, 0.05) is 21.8 Å². The van der Waals surface area contributed by atoms with E-state index in [1.165, 1.54) is 99.0 Å². The van der Waals surface area contributed by atoms with Crippen molar-refractivity contribution in [3.05, 3.63) is 179 Å². The third-order valence-electron chi connectivity index (χ3n) is 9.52. The smallest absolute Gasteiger partial charge is 0.0465 e. The van der Waals surface area contributed by atoms with Gasteiger partial charge < -0.3 is 4.98 Å². The maximum Gasteiger partial charge on any atom is 0.0465 e. The summed E-state index contributed by atoms with van der Waals surface area (Å²) >= 11 is 0. The average molecular weight is 544 g/mol. The maximum absolute atomic E-state index is 3.63. The molecule has 0 bridgehead atoms. The Bertz CT molecular complexity index is 2550. The third-order valence-corrected chi connectivity index (χ3v) is 9.52. The van der Waals surface area contributed by atoms with Gasteiger partial charge in [-0.05, 0) is 95.4 Å². The summed E-state index contributed by atoms with van der Waals surface area (Å²) in [6.07, 6.45) is 0. The van der Waals surface area contributed by atoms with Crippen LogP contribution in [0.15, 0.2) is 146 Å². The van der Waals surface area contributed by atoms with E-state index in [2.05, 4.69) is 151 Å². The van der Waals surface area contributed by atoms with Crippen molar-refractivity contribution in [1.82, 2.24) is 4.98 Å². The van der Waals surface area contributed by atoms with Crippen LogP contribution in [0.4, 0.5) is 0 Å². The van der Waals surface area contributed by atoms with Gasteiger partial charge in [-0.2, -0.15) is 0 Å².